The van der Waals surface area contributed by atoms with E-state index in [9.17, 15) is 14.4 Å². The fraction of sp³-hybridized carbons (Fsp3) is 0.188. The first-order chi connectivity index (χ1) is 11.6. The number of amides is 4. The number of carbonyl (C=O) groups excluding carboxylic acids is 3. The summed E-state index contributed by atoms with van der Waals surface area (Å²) >= 11 is 5.95. The van der Waals surface area contributed by atoms with E-state index in [1.165, 1.54) is 6.21 Å². The molecule has 0 spiro atoms. The molecule has 24 heavy (non-hydrogen) atoms. The van der Waals surface area contributed by atoms with E-state index in [-0.39, 0.29) is 24.8 Å². The molecule has 8 heteroatoms. The van der Waals surface area contributed by atoms with Gasteiger partial charge >= 0.3 is 6.03 Å². The molecule has 0 saturated carbocycles. The molecule has 0 saturated heterocycles. The lowest BCUT2D eigenvalue weighted by Crippen LogP contribution is -2.48. The number of nitrogens with one attached hydrogen (secondary N) is 1. The second-order valence-electron chi connectivity index (χ2n) is 5.12. The maximum absolute atomic E-state index is 12.3. The third-order valence-corrected chi connectivity index (χ3v) is 3.92. The van der Waals surface area contributed by atoms with Gasteiger partial charge < -0.3 is 5.32 Å². The van der Waals surface area contributed by atoms with E-state index in [1.807, 2.05) is 0 Å². The van der Waals surface area contributed by atoms with Gasteiger partial charge in [-0.1, -0.05) is 29.8 Å². The largest absolute Gasteiger partial charge is 0.352 e. The molecule has 7 nitrogen and oxygen atoms in total. The highest BCUT2D eigenvalue weighted by atomic mass is 35.5. The zero-order chi connectivity index (χ0) is 17.1. The fourth-order valence-electron chi connectivity index (χ4n) is 2.39. The van der Waals surface area contributed by atoms with Crippen LogP contribution in [0.4, 0.5) is 4.79 Å². The smallest absolute Gasteiger partial charge is 0.350 e. The normalized spacial score (nSPS) is 19.1. The molecular formula is C16H13ClN4O3. The predicted molar refractivity (Wildman–Crippen MR) is 89.5 cm³/mol. The van der Waals surface area contributed by atoms with Crippen LogP contribution < -0.4 is 5.32 Å². The number of hydrogen-bond donors (Lipinski definition) is 1. The van der Waals surface area contributed by atoms with Gasteiger partial charge in [-0.3, -0.25) is 14.5 Å². The van der Waals surface area contributed by atoms with Crippen LogP contribution in [-0.4, -0.2) is 47.9 Å². The van der Waals surface area contributed by atoms with E-state index >= 15 is 0 Å². The number of hydrogen-bond acceptors (Lipinski definition) is 4. The van der Waals surface area contributed by atoms with Crippen LogP contribution in [-0.2, 0) is 4.79 Å². The monoisotopic (exact) mass is 344 g/mol. The van der Waals surface area contributed by atoms with E-state index in [0.29, 0.717) is 10.6 Å². The summed E-state index contributed by atoms with van der Waals surface area (Å²) in [7, 11) is 0. The third kappa shape index (κ3) is 3.11. The first-order valence-electron chi connectivity index (χ1n) is 7.25. The molecule has 2 aliphatic rings. The highest BCUT2D eigenvalue weighted by Gasteiger charge is 2.36. The molecule has 0 aliphatic carbocycles. The molecule has 4 amide bonds. The van der Waals surface area contributed by atoms with Crippen LogP contribution in [0.1, 0.15) is 10.4 Å². The minimum Gasteiger partial charge on any atom is -0.350 e. The third-order valence-electron chi connectivity index (χ3n) is 3.59. The number of amidine groups is 1. The summed E-state index contributed by atoms with van der Waals surface area (Å²) in [6.07, 6.45) is 4.75. The highest BCUT2D eigenvalue weighted by molar-refractivity contribution is 6.33. The Morgan fingerprint density at radius 2 is 2.08 bits per heavy atom. The van der Waals surface area contributed by atoms with Gasteiger partial charge in [-0.25, -0.2) is 9.79 Å². The summed E-state index contributed by atoms with van der Waals surface area (Å²) in [5.74, 6) is -1.22. The Morgan fingerprint density at radius 1 is 1.29 bits per heavy atom. The van der Waals surface area contributed by atoms with Crippen molar-refractivity contribution >= 4 is 41.5 Å². The SMILES string of the molecule is O=C(NCCN1C(=O)N=C2N=CC=CC2C1=O)c1ccccc1Cl. The predicted octanol–water partition coefficient (Wildman–Crippen LogP) is 1.69. The molecule has 1 N–H and O–H groups in total. The first-order valence-corrected chi connectivity index (χ1v) is 7.63. The second kappa shape index (κ2) is 6.76. The van der Waals surface area contributed by atoms with E-state index < -0.39 is 17.9 Å². The minimum absolute atomic E-state index is 0.0265. The van der Waals surface area contributed by atoms with Crippen LogP contribution in [0.15, 0.2) is 46.4 Å². The Morgan fingerprint density at radius 3 is 2.88 bits per heavy atom. The molecule has 0 bridgehead atoms. The number of carbonyl (C=O) groups is 3. The number of rotatable bonds is 4. The second-order valence-corrected chi connectivity index (χ2v) is 5.53. The van der Waals surface area contributed by atoms with Crippen molar-refractivity contribution in [1.82, 2.24) is 10.2 Å². The lowest BCUT2D eigenvalue weighted by molar-refractivity contribution is -0.129. The van der Waals surface area contributed by atoms with Crippen molar-refractivity contribution in [2.75, 3.05) is 13.1 Å². The molecule has 0 fully saturated rings. The van der Waals surface area contributed by atoms with Gasteiger partial charge in [-0.15, -0.1) is 0 Å². The highest BCUT2D eigenvalue weighted by Crippen LogP contribution is 2.18. The molecule has 1 aromatic carbocycles. The van der Waals surface area contributed by atoms with Crippen molar-refractivity contribution in [2.45, 2.75) is 0 Å². The molecule has 0 aromatic heterocycles. The number of nitrogens with zero attached hydrogens (tertiary/aromatic N) is 3. The summed E-state index contributed by atoms with van der Waals surface area (Å²) in [6, 6.07) is 5.95. The van der Waals surface area contributed by atoms with E-state index in [0.717, 1.165) is 4.90 Å². The number of urea groups is 1. The molecule has 2 heterocycles. The average molecular weight is 345 g/mol. The number of aliphatic imine (C=N–C) groups is 2. The average Bonchev–Trinajstić information content (AvgIpc) is 2.58. The van der Waals surface area contributed by atoms with Crippen molar-refractivity contribution in [3.05, 3.63) is 47.0 Å². The van der Waals surface area contributed by atoms with Gasteiger partial charge in [0.15, 0.2) is 0 Å². The molecule has 1 aromatic rings. The van der Waals surface area contributed by atoms with Gasteiger partial charge in [0.25, 0.3) is 5.91 Å². The van der Waals surface area contributed by atoms with E-state index in [1.54, 1.807) is 36.4 Å². The molecule has 0 radical (unpaired) electrons. The van der Waals surface area contributed by atoms with Crippen LogP contribution in [0.5, 0.6) is 0 Å². The van der Waals surface area contributed by atoms with Crippen molar-refractivity contribution < 1.29 is 14.4 Å². The van der Waals surface area contributed by atoms with E-state index in [4.69, 9.17) is 11.6 Å². The first kappa shape index (κ1) is 16.1. The van der Waals surface area contributed by atoms with Gasteiger partial charge in [0.1, 0.15) is 11.8 Å². The van der Waals surface area contributed by atoms with Gasteiger partial charge in [-0.2, -0.15) is 4.99 Å². The van der Waals surface area contributed by atoms with Crippen LogP contribution in [0.25, 0.3) is 0 Å². The maximum atomic E-state index is 12.3. The molecule has 3 rings (SSSR count). The Kier molecular flexibility index (Phi) is 4.52. The number of fused-ring (bicyclic) bond motifs is 1. The van der Waals surface area contributed by atoms with Crippen LogP contribution in [0.2, 0.25) is 5.02 Å². The minimum atomic E-state index is -0.675. The number of imide groups is 1. The Labute approximate surface area is 142 Å². The Hall–Kier alpha value is -2.80. The van der Waals surface area contributed by atoms with Gasteiger partial charge in [-0.05, 0) is 18.2 Å². The fourth-order valence-corrected chi connectivity index (χ4v) is 2.61. The molecular weight excluding hydrogens is 332 g/mol. The molecule has 1 atom stereocenters. The number of allylic oxidation sites excluding steroid dienone is 1. The summed E-state index contributed by atoms with van der Waals surface area (Å²) in [5, 5.41) is 2.97. The lowest BCUT2D eigenvalue weighted by atomic mass is 10.0. The number of benzene rings is 1. The summed E-state index contributed by atoms with van der Waals surface area (Å²) in [6.45, 7) is 0.130. The summed E-state index contributed by atoms with van der Waals surface area (Å²) < 4.78 is 0. The van der Waals surface area contributed by atoms with E-state index in [2.05, 4.69) is 15.3 Å². The summed E-state index contributed by atoms with van der Waals surface area (Å²) in [4.78, 5) is 45.1. The quantitative estimate of drug-likeness (QED) is 0.901. The lowest BCUT2D eigenvalue weighted by Gasteiger charge is -2.27. The van der Waals surface area contributed by atoms with Gasteiger partial charge in [0, 0.05) is 19.3 Å². The van der Waals surface area contributed by atoms with Crippen molar-refractivity contribution in [1.29, 1.82) is 0 Å². The zero-order valence-electron chi connectivity index (χ0n) is 12.5. The van der Waals surface area contributed by atoms with Crippen LogP contribution in [0.3, 0.4) is 0 Å². The van der Waals surface area contributed by atoms with Crippen LogP contribution >= 0.6 is 11.6 Å². The van der Waals surface area contributed by atoms with Gasteiger partial charge in [0.2, 0.25) is 5.91 Å². The topological polar surface area (TPSA) is 91.2 Å². The standard InChI is InChI=1S/C16H13ClN4O3/c17-12-6-2-1-4-10(12)14(22)19-8-9-21-15(23)11-5-3-7-18-13(11)20-16(21)24/h1-7,11H,8-9H2,(H,19,22). The maximum Gasteiger partial charge on any atom is 0.352 e. The Balaban J connectivity index is 1.62. The number of dihydropyridines is 1. The zero-order valence-corrected chi connectivity index (χ0v) is 13.2. The van der Waals surface area contributed by atoms with Crippen molar-refractivity contribution in [3.8, 4) is 0 Å². The van der Waals surface area contributed by atoms with Gasteiger partial charge in [0.05, 0.1) is 10.6 Å². The number of halogens is 1. The summed E-state index contributed by atoms with van der Waals surface area (Å²) in [5.41, 5.74) is 0.334. The van der Waals surface area contributed by atoms with Crippen LogP contribution in [0, 0.1) is 5.92 Å². The van der Waals surface area contributed by atoms with Crippen molar-refractivity contribution in [3.63, 3.8) is 0 Å². The van der Waals surface area contributed by atoms with Crippen molar-refractivity contribution in [2.24, 2.45) is 15.9 Å². The molecule has 2 aliphatic heterocycles. The Bertz CT molecular complexity index is 800. The molecule has 122 valence electrons. The molecule has 1 unspecified atom stereocenters.